The van der Waals surface area contributed by atoms with Gasteiger partial charge in [0.05, 0.1) is 25.8 Å². The lowest BCUT2D eigenvalue weighted by Crippen LogP contribution is -2.52. The van der Waals surface area contributed by atoms with Gasteiger partial charge in [-0.25, -0.2) is 0 Å². The lowest BCUT2D eigenvalue weighted by atomic mass is 10.1. The van der Waals surface area contributed by atoms with Crippen LogP contribution in [0.4, 0.5) is 0 Å². The SMILES string of the molecule is CC(C)[C@H](N)C(=O)NCC(=O)N(Cc1ccccc1)C(C)CN1CCOCC1.Cl.Cl. The zero-order valence-electron chi connectivity index (χ0n) is 18.1. The molecule has 0 aromatic heterocycles. The zero-order valence-corrected chi connectivity index (χ0v) is 19.7. The quantitative estimate of drug-likeness (QED) is 0.582. The number of nitrogens with zero attached hydrogens (tertiary/aromatic N) is 2. The van der Waals surface area contributed by atoms with Crippen molar-refractivity contribution < 1.29 is 14.3 Å². The molecule has 0 aliphatic carbocycles. The summed E-state index contributed by atoms with van der Waals surface area (Å²) in [5, 5.41) is 2.70. The molecule has 7 nitrogen and oxygen atoms in total. The molecule has 2 atom stereocenters. The van der Waals surface area contributed by atoms with E-state index in [0.717, 1.165) is 38.4 Å². The van der Waals surface area contributed by atoms with Crippen LogP contribution in [0, 0.1) is 5.92 Å². The summed E-state index contributed by atoms with van der Waals surface area (Å²) in [6, 6.07) is 9.31. The monoisotopic (exact) mass is 462 g/mol. The van der Waals surface area contributed by atoms with Crippen LogP contribution in [0.1, 0.15) is 26.3 Å². The van der Waals surface area contributed by atoms with Gasteiger partial charge in [-0.05, 0) is 18.4 Å². The van der Waals surface area contributed by atoms with Crippen molar-refractivity contribution >= 4 is 36.6 Å². The molecular weight excluding hydrogens is 427 g/mol. The molecule has 1 saturated heterocycles. The molecule has 172 valence electrons. The molecule has 3 N–H and O–H groups in total. The molecule has 1 fully saturated rings. The number of hydrogen-bond acceptors (Lipinski definition) is 5. The number of nitrogens with one attached hydrogen (secondary N) is 1. The fraction of sp³-hybridized carbons (Fsp3) is 0.619. The van der Waals surface area contributed by atoms with Gasteiger partial charge in [0.25, 0.3) is 0 Å². The highest BCUT2D eigenvalue weighted by Gasteiger charge is 2.25. The average molecular weight is 463 g/mol. The molecule has 30 heavy (non-hydrogen) atoms. The minimum Gasteiger partial charge on any atom is -0.379 e. The highest BCUT2D eigenvalue weighted by molar-refractivity contribution is 5.87. The molecule has 0 radical (unpaired) electrons. The molecule has 1 aromatic rings. The number of amides is 2. The van der Waals surface area contributed by atoms with Crippen molar-refractivity contribution in [2.24, 2.45) is 11.7 Å². The number of nitrogens with two attached hydrogens (primary N) is 1. The van der Waals surface area contributed by atoms with Gasteiger partial charge in [0, 0.05) is 32.2 Å². The first kappa shape index (κ1) is 28.6. The van der Waals surface area contributed by atoms with E-state index in [1.165, 1.54) is 0 Å². The number of rotatable bonds is 9. The van der Waals surface area contributed by atoms with E-state index in [0.29, 0.717) is 6.54 Å². The first-order chi connectivity index (χ1) is 13.4. The molecule has 0 bridgehead atoms. The molecule has 0 saturated carbocycles. The van der Waals surface area contributed by atoms with E-state index in [-0.39, 0.29) is 55.1 Å². The third kappa shape index (κ3) is 9.18. The van der Waals surface area contributed by atoms with Crippen molar-refractivity contribution in [3.8, 4) is 0 Å². The topological polar surface area (TPSA) is 87.9 Å². The number of halogens is 2. The first-order valence-corrected chi connectivity index (χ1v) is 10.0. The summed E-state index contributed by atoms with van der Waals surface area (Å²) in [7, 11) is 0. The fourth-order valence-corrected chi connectivity index (χ4v) is 3.21. The minimum atomic E-state index is -0.610. The van der Waals surface area contributed by atoms with Gasteiger partial charge < -0.3 is 20.7 Å². The predicted octanol–water partition coefficient (Wildman–Crippen LogP) is 1.68. The van der Waals surface area contributed by atoms with Crippen LogP contribution >= 0.6 is 24.8 Å². The van der Waals surface area contributed by atoms with Crippen LogP contribution < -0.4 is 11.1 Å². The number of hydrogen-bond donors (Lipinski definition) is 2. The Balaban J connectivity index is 0.00000420. The average Bonchev–Trinajstić information content (AvgIpc) is 2.70. The van der Waals surface area contributed by atoms with E-state index in [1.54, 1.807) is 0 Å². The van der Waals surface area contributed by atoms with Gasteiger partial charge >= 0.3 is 0 Å². The van der Waals surface area contributed by atoms with Gasteiger partial charge in [0.1, 0.15) is 0 Å². The second kappa shape index (κ2) is 14.6. The van der Waals surface area contributed by atoms with Gasteiger partial charge in [-0.2, -0.15) is 0 Å². The van der Waals surface area contributed by atoms with Crippen LogP contribution in [0.15, 0.2) is 30.3 Å². The van der Waals surface area contributed by atoms with Gasteiger partial charge in [-0.15, -0.1) is 24.8 Å². The molecule has 2 amide bonds. The minimum absolute atomic E-state index is 0. The number of carbonyl (C=O) groups excluding carboxylic acids is 2. The molecule has 9 heteroatoms. The Hall–Kier alpha value is -1.38. The van der Waals surface area contributed by atoms with Crippen LogP contribution in [0.25, 0.3) is 0 Å². The summed E-state index contributed by atoms with van der Waals surface area (Å²) in [5.74, 6) is -0.367. The molecular formula is C21H36Cl2N4O3. The van der Waals surface area contributed by atoms with E-state index >= 15 is 0 Å². The van der Waals surface area contributed by atoms with E-state index in [1.807, 2.05) is 49.1 Å². The third-order valence-electron chi connectivity index (χ3n) is 5.11. The maximum absolute atomic E-state index is 13.0. The standard InChI is InChI=1S/C21H34N4O3.2ClH/c1-16(2)20(22)21(27)23-13-19(26)25(15-18-7-5-4-6-8-18)17(3)14-24-9-11-28-12-10-24;;/h4-8,16-17,20H,9-15,22H2,1-3H3,(H,23,27);2*1H/t17?,20-;;/m0../s1. The van der Waals surface area contributed by atoms with Crippen LogP contribution in [-0.2, 0) is 20.9 Å². The zero-order chi connectivity index (χ0) is 20.5. The van der Waals surface area contributed by atoms with Crippen molar-refractivity contribution in [3.63, 3.8) is 0 Å². The predicted molar refractivity (Wildman–Crippen MR) is 124 cm³/mol. The summed E-state index contributed by atoms with van der Waals surface area (Å²) in [6.07, 6.45) is 0. The summed E-state index contributed by atoms with van der Waals surface area (Å²) < 4.78 is 5.41. The number of ether oxygens (including phenoxy) is 1. The summed E-state index contributed by atoms with van der Waals surface area (Å²) in [4.78, 5) is 29.2. The van der Waals surface area contributed by atoms with Crippen LogP contribution in [-0.4, -0.2) is 73.1 Å². The van der Waals surface area contributed by atoms with E-state index in [4.69, 9.17) is 10.5 Å². The molecule has 1 heterocycles. The van der Waals surface area contributed by atoms with E-state index in [9.17, 15) is 9.59 Å². The normalized spacial score (nSPS) is 16.0. The number of carbonyl (C=O) groups is 2. The highest BCUT2D eigenvalue weighted by Crippen LogP contribution is 2.11. The summed E-state index contributed by atoms with van der Waals surface area (Å²) >= 11 is 0. The Morgan fingerprint density at radius 1 is 1.13 bits per heavy atom. The van der Waals surface area contributed by atoms with Crippen LogP contribution in [0.5, 0.6) is 0 Å². The third-order valence-corrected chi connectivity index (χ3v) is 5.11. The molecule has 1 unspecified atom stereocenters. The molecule has 1 aromatic carbocycles. The number of benzene rings is 1. The number of morpholine rings is 1. The first-order valence-electron chi connectivity index (χ1n) is 10.0. The smallest absolute Gasteiger partial charge is 0.242 e. The molecule has 1 aliphatic rings. The molecule has 0 spiro atoms. The van der Waals surface area contributed by atoms with Crippen molar-refractivity contribution in [1.82, 2.24) is 15.1 Å². The van der Waals surface area contributed by atoms with Crippen molar-refractivity contribution in [2.45, 2.75) is 39.4 Å². The fourth-order valence-electron chi connectivity index (χ4n) is 3.21. The highest BCUT2D eigenvalue weighted by atomic mass is 35.5. The van der Waals surface area contributed by atoms with Crippen molar-refractivity contribution in [1.29, 1.82) is 0 Å². The maximum atomic E-state index is 13.0. The van der Waals surface area contributed by atoms with E-state index in [2.05, 4.69) is 17.1 Å². The molecule has 2 rings (SSSR count). The van der Waals surface area contributed by atoms with Crippen LogP contribution in [0.2, 0.25) is 0 Å². The summed E-state index contributed by atoms with van der Waals surface area (Å²) in [6.45, 7) is 10.3. The Bertz CT molecular complexity index is 628. The Morgan fingerprint density at radius 3 is 2.30 bits per heavy atom. The van der Waals surface area contributed by atoms with E-state index < -0.39 is 6.04 Å². The second-order valence-corrected chi connectivity index (χ2v) is 7.76. The van der Waals surface area contributed by atoms with Crippen molar-refractivity contribution in [2.75, 3.05) is 39.4 Å². The Kier molecular flexibility index (Phi) is 13.9. The largest absolute Gasteiger partial charge is 0.379 e. The van der Waals surface area contributed by atoms with Crippen LogP contribution in [0.3, 0.4) is 0 Å². The van der Waals surface area contributed by atoms with Crippen molar-refractivity contribution in [3.05, 3.63) is 35.9 Å². The van der Waals surface area contributed by atoms with Gasteiger partial charge in [-0.1, -0.05) is 44.2 Å². The molecule has 1 aliphatic heterocycles. The lowest BCUT2D eigenvalue weighted by Gasteiger charge is -2.35. The Morgan fingerprint density at radius 2 is 1.73 bits per heavy atom. The lowest BCUT2D eigenvalue weighted by molar-refractivity contribution is -0.136. The second-order valence-electron chi connectivity index (χ2n) is 7.76. The van der Waals surface area contributed by atoms with Gasteiger partial charge in [0.15, 0.2) is 0 Å². The Labute approximate surface area is 192 Å². The summed E-state index contributed by atoms with van der Waals surface area (Å²) in [5.41, 5.74) is 6.94. The van der Waals surface area contributed by atoms with Gasteiger partial charge in [0.2, 0.25) is 11.8 Å². The maximum Gasteiger partial charge on any atom is 0.242 e. The van der Waals surface area contributed by atoms with Gasteiger partial charge in [-0.3, -0.25) is 14.5 Å².